The van der Waals surface area contributed by atoms with E-state index < -0.39 is 0 Å². The van der Waals surface area contributed by atoms with Crippen molar-refractivity contribution < 1.29 is 9.53 Å². The number of nitrogens with one attached hydrogen (secondary N) is 1. The molecule has 0 aliphatic heterocycles. The van der Waals surface area contributed by atoms with Gasteiger partial charge >= 0.3 is 5.97 Å². The molecule has 0 bridgehead atoms. The number of ether oxygens (including phenoxy) is 1. The summed E-state index contributed by atoms with van der Waals surface area (Å²) in [5.41, 5.74) is 4.11. The third-order valence-corrected chi connectivity index (χ3v) is 3.86. The first kappa shape index (κ1) is 20.0. The van der Waals surface area contributed by atoms with Crippen LogP contribution >= 0.6 is 0 Å². The molecule has 3 heteroatoms. The van der Waals surface area contributed by atoms with Gasteiger partial charge in [-0.2, -0.15) is 0 Å². The number of anilines is 1. The van der Waals surface area contributed by atoms with Crippen LogP contribution in [0.25, 0.3) is 0 Å². The lowest BCUT2D eigenvalue weighted by atomic mass is 10.0. The van der Waals surface area contributed by atoms with Gasteiger partial charge < -0.3 is 10.1 Å². The average Bonchev–Trinajstić information content (AvgIpc) is 2.57. The number of benzene rings is 1. The van der Waals surface area contributed by atoms with Crippen LogP contribution in [0.1, 0.15) is 57.3 Å². The van der Waals surface area contributed by atoms with Gasteiger partial charge in [-0.3, -0.25) is 0 Å². The Morgan fingerprint density at radius 1 is 1.17 bits per heavy atom. The first-order valence-corrected chi connectivity index (χ1v) is 8.66. The lowest BCUT2D eigenvalue weighted by Crippen LogP contribution is -2.09. The smallest absolute Gasteiger partial charge is 0.339 e. The molecule has 0 fully saturated rings. The van der Waals surface area contributed by atoms with Gasteiger partial charge in [-0.15, -0.1) is 0 Å². The Bertz CT molecular complexity index is 585. The average molecular weight is 329 g/mol. The van der Waals surface area contributed by atoms with E-state index in [1.54, 1.807) is 6.07 Å². The monoisotopic (exact) mass is 329 g/mol. The molecule has 24 heavy (non-hydrogen) atoms. The number of hydrogen-bond acceptors (Lipinski definition) is 3. The van der Waals surface area contributed by atoms with Crippen molar-refractivity contribution in [2.24, 2.45) is 5.92 Å². The summed E-state index contributed by atoms with van der Waals surface area (Å²) < 4.78 is 4.81. The van der Waals surface area contributed by atoms with Crippen molar-refractivity contribution >= 4 is 11.7 Å². The molecule has 0 atom stereocenters. The lowest BCUT2D eigenvalue weighted by molar-refractivity contribution is 0.0602. The minimum atomic E-state index is -0.314. The van der Waals surface area contributed by atoms with Crippen LogP contribution in [0.2, 0.25) is 0 Å². The fourth-order valence-electron chi connectivity index (χ4n) is 2.32. The van der Waals surface area contributed by atoms with Gasteiger partial charge in [0.2, 0.25) is 0 Å². The van der Waals surface area contributed by atoms with Gasteiger partial charge in [-0.1, -0.05) is 49.3 Å². The quantitative estimate of drug-likeness (QED) is 0.473. The van der Waals surface area contributed by atoms with E-state index in [4.69, 9.17) is 4.74 Å². The Balaban J connectivity index is 2.50. The predicted molar refractivity (Wildman–Crippen MR) is 102 cm³/mol. The molecule has 1 aromatic carbocycles. The van der Waals surface area contributed by atoms with E-state index in [1.165, 1.54) is 18.3 Å². The highest BCUT2D eigenvalue weighted by Crippen LogP contribution is 2.17. The first-order chi connectivity index (χ1) is 11.4. The molecule has 0 aromatic heterocycles. The number of para-hydroxylation sites is 1. The number of hydrogen-bond donors (Lipinski definition) is 1. The molecule has 3 nitrogen and oxygen atoms in total. The first-order valence-electron chi connectivity index (χ1n) is 8.66. The number of carbonyl (C=O) groups excluding carboxylic acids is 1. The Morgan fingerprint density at radius 3 is 2.54 bits per heavy atom. The highest BCUT2D eigenvalue weighted by molar-refractivity contribution is 5.95. The van der Waals surface area contributed by atoms with Crippen LogP contribution in [0.4, 0.5) is 5.69 Å². The van der Waals surface area contributed by atoms with E-state index in [0.717, 1.165) is 37.4 Å². The second-order valence-electron chi connectivity index (χ2n) is 6.66. The molecule has 0 saturated heterocycles. The third-order valence-electron chi connectivity index (χ3n) is 3.86. The summed E-state index contributed by atoms with van der Waals surface area (Å²) in [5.74, 6) is 0.405. The molecule has 1 N–H and O–H groups in total. The fourth-order valence-corrected chi connectivity index (χ4v) is 2.32. The second-order valence-corrected chi connectivity index (χ2v) is 6.66. The zero-order valence-corrected chi connectivity index (χ0v) is 15.7. The summed E-state index contributed by atoms with van der Waals surface area (Å²) in [6.45, 7) is 9.53. The number of esters is 1. The van der Waals surface area contributed by atoms with E-state index in [9.17, 15) is 4.79 Å². The maximum Gasteiger partial charge on any atom is 0.339 e. The Labute approximate surface area is 146 Å². The summed E-state index contributed by atoms with van der Waals surface area (Å²) in [6, 6.07) is 7.43. The number of methoxy groups -OCH3 is 1. The van der Waals surface area contributed by atoms with E-state index >= 15 is 0 Å². The fraction of sp³-hybridized carbons (Fsp3) is 0.476. The molecule has 0 amide bonds. The van der Waals surface area contributed by atoms with Crippen molar-refractivity contribution in [1.82, 2.24) is 0 Å². The van der Waals surface area contributed by atoms with Gasteiger partial charge in [0.05, 0.1) is 12.7 Å². The van der Waals surface area contributed by atoms with E-state index in [0.29, 0.717) is 5.56 Å². The summed E-state index contributed by atoms with van der Waals surface area (Å²) in [4.78, 5) is 11.8. The zero-order valence-electron chi connectivity index (χ0n) is 15.7. The van der Waals surface area contributed by atoms with Crippen LogP contribution in [-0.2, 0) is 4.74 Å². The van der Waals surface area contributed by atoms with Gasteiger partial charge in [0, 0.05) is 12.2 Å². The minimum absolute atomic E-state index is 0.314. The van der Waals surface area contributed by atoms with Crippen LogP contribution in [-0.4, -0.2) is 19.6 Å². The van der Waals surface area contributed by atoms with Crippen molar-refractivity contribution in [3.63, 3.8) is 0 Å². The highest BCUT2D eigenvalue weighted by Gasteiger charge is 2.10. The summed E-state index contributed by atoms with van der Waals surface area (Å²) in [5, 5.41) is 3.32. The Morgan fingerprint density at radius 2 is 1.88 bits per heavy atom. The van der Waals surface area contributed by atoms with Crippen molar-refractivity contribution in [2.75, 3.05) is 19.0 Å². The maximum atomic E-state index is 11.8. The van der Waals surface area contributed by atoms with Crippen LogP contribution in [0, 0.1) is 5.92 Å². The highest BCUT2D eigenvalue weighted by atomic mass is 16.5. The summed E-state index contributed by atoms with van der Waals surface area (Å²) in [6.07, 6.45) is 7.91. The van der Waals surface area contributed by atoms with Crippen LogP contribution < -0.4 is 5.32 Å². The van der Waals surface area contributed by atoms with Crippen molar-refractivity contribution in [2.45, 2.75) is 47.0 Å². The lowest BCUT2D eigenvalue weighted by Gasteiger charge is -2.11. The maximum absolute atomic E-state index is 11.8. The third kappa shape index (κ3) is 7.49. The van der Waals surface area contributed by atoms with E-state index in [1.807, 2.05) is 18.2 Å². The molecule has 0 aliphatic rings. The number of rotatable bonds is 9. The van der Waals surface area contributed by atoms with Gasteiger partial charge in [0.1, 0.15) is 0 Å². The number of allylic oxidation sites excluding steroid dienone is 3. The summed E-state index contributed by atoms with van der Waals surface area (Å²) in [7, 11) is 1.40. The van der Waals surface area contributed by atoms with E-state index in [2.05, 4.69) is 45.2 Å². The van der Waals surface area contributed by atoms with Gasteiger partial charge in [-0.25, -0.2) is 4.79 Å². The molecule has 0 spiro atoms. The van der Waals surface area contributed by atoms with Gasteiger partial charge in [0.25, 0.3) is 0 Å². The number of carbonyl (C=O) groups is 1. The van der Waals surface area contributed by atoms with Gasteiger partial charge in [0.15, 0.2) is 0 Å². The topological polar surface area (TPSA) is 38.3 Å². The van der Waals surface area contributed by atoms with Gasteiger partial charge in [-0.05, 0) is 51.2 Å². The van der Waals surface area contributed by atoms with Crippen molar-refractivity contribution in [3.05, 3.63) is 53.1 Å². The zero-order chi connectivity index (χ0) is 17.9. The van der Waals surface area contributed by atoms with Crippen molar-refractivity contribution in [3.8, 4) is 0 Å². The molecule has 1 rings (SSSR count). The molecule has 0 aliphatic carbocycles. The molecule has 1 aromatic rings. The molecule has 0 heterocycles. The van der Waals surface area contributed by atoms with Crippen LogP contribution in [0.5, 0.6) is 0 Å². The predicted octanol–water partition coefficient (Wildman–Crippen LogP) is 5.60. The largest absolute Gasteiger partial charge is 0.465 e. The van der Waals surface area contributed by atoms with Crippen LogP contribution in [0.3, 0.4) is 0 Å². The molecular formula is C21H31NO2. The molecule has 0 unspecified atom stereocenters. The molecule has 0 radical (unpaired) electrons. The Hall–Kier alpha value is -2.03. The second kappa shape index (κ2) is 10.7. The molecular weight excluding hydrogens is 298 g/mol. The normalized spacial score (nSPS) is 12.4. The van der Waals surface area contributed by atoms with Crippen LogP contribution in [0.15, 0.2) is 47.6 Å². The molecule has 132 valence electrons. The minimum Gasteiger partial charge on any atom is -0.465 e. The molecule has 0 saturated carbocycles. The van der Waals surface area contributed by atoms with E-state index in [-0.39, 0.29) is 5.97 Å². The standard InChI is InChI=1S/C21H31NO2/c1-16(2)13-14-17(3)9-8-10-18(4)15-22-20-12-7-6-11-19(20)21(23)24-5/h6-7,10-12,14,16,22H,8-9,13,15H2,1-5H3. The summed E-state index contributed by atoms with van der Waals surface area (Å²) >= 11 is 0. The van der Waals surface area contributed by atoms with Crippen molar-refractivity contribution in [1.29, 1.82) is 0 Å². The Kier molecular flexibility index (Phi) is 8.92. The SMILES string of the molecule is COC(=O)c1ccccc1NCC(C)=CCCC(C)=CCC(C)C.